The zero-order valence-corrected chi connectivity index (χ0v) is 16.3. The van der Waals surface area contributed by atoms with Crippen molar-refractivity contribution in [2.45, 2.75) is 6.92 Å². The molecule has 156 valence electrons. The van der Waals surface area contributed by atoms with Crippen molar-refractivity contribution in [2.24, 2.45) is 5.10 Å². The lowest BCUT2D eigenvalue weighted by Crippen LogP contribution is -2.18. The molecule has 0 saturated carbocycles. The van der Waals surface area contributed by atoms with Crippen LogP contribution in [0.4, 0.5) is 5.69 Å². The molecule has 0 aliphatic heterocycles. The van der Waals surface area contributed by atoms with Gasteiger partial charge in [0.1, 0.15) is 11.5 Å². The van der Waals surface area contributed by atoms with Gasteiger partial charge in [0.15, 0.2) is 0 Å². The van der Waals surface area contributed by atoms with Crippen molar-refractivity contribution < 1.29 is 24.4 Å². The van der Waals surface area contributed by atoms with E-state index in [2.05, 4.69) is 10.5 Å². The lowest BCUT2D eigenvalue weighted by Gasteiger charge is -2.08. The number of nitrogens with zero attached hydrogens (tertiary/aromatic N) is 2. The fraction of sp³-hybridized carbons (Fsp3) is 0.0455. The lowest BCUT2D eigenvalue weighted by molar-refractivity contribution is -0.384. The number of aromatic hydroxyl groups is 1. The number of nitrogens with one attached hydrogen (secondary N) is 1. The number of esters is 1. The number of hydrazone groups is 1. The second kappa shape index (κ2) is 9.31. The number of phenolic OH excluding ortho intramolecular Hbond substituents is 1. The predicted molar refractivity (Wildman–Crippen MR) is 112 cm³/mol. The van der Waals surface area contributed by atoms with E-state index in [4.69, 9.17) is 4.74 Å². The zero-order valence-electron chi connectivity index (χ0n) is 16.3. The number of rotatable bonds is 6. The highest BCUT2D eigenvalue weighted by Gasteiger charge is 2.15. The van der Waals surface area contributed by atoms with Gasteiger partial charge in [0.05, 0.1) is 22.3 Å². The Hall–Kier alpha value is -4.53. The minimum Gasteiger partial charge on any atom is -0.507 e. The number of ether oxygens (including phenoxy) is 1. The Kier molecular flexibility index (Phi) is 6.36. The number of nitro groups is 1. The molecule has 3 aromatic carbocycles. The molecule has 0 aliphatic carbocycles. The Morgan fingerprint density at radius 1 is 1.10 bits per heavy atom. The second-order valence-electron chi connectivity index (χ2n) is 6.45. The molecule has 9 nitrogen and oxygen atoms in total. The number of hydrogen-bond acceptors (Lipinski definition) is 7. The van der Waals surface area contributed by atoms with E-state index in [1.807, 2.05) is 13.0 Å². The first-order chi connectivity index (χ1) is 14.8. The number of phenols is 1. The quantitative estimate of drug-likeness (QED) is 0.206. The van der Waals surface area contributed by atoms with Crippen molar-refractivity contribution in [2.75, 3.05) is 0 Å². The monoisotopic (exact) mass is 419 g/mol. The molecule has 0 saturated heterocycles. The predicted octanol–water partition coefficient (Wildman–Crippen LogP) is 3.59. The van der Waals surface area contributed by atoms with Gasteiger partial charge in [0, 0.05) is 17.7 Å². The minimum absolute atomic E-state index is 0.00444. The van der Waals surface area contributed by atoms with Crippen LogP contribution in [0.3, 0.4) is 0 Å². The van der Waals surface area contributed by atoms with E-state index in [9.17, 15) is 24.8 Å². The summed E-state index contributed by atoms with van der Waals surface area (Å²) in [6, 6.07) is 16.3. The summed E-state index contributed by atoms with van der Waals surface area (Å²) < 4.78 is 5.38. The van der Waals surface area contributed by atoms with Crippen LogP contribution in [0.15, 0.2) is 71.8 Å². The maximum absolute atomic E-state index is 12.4. The summed E-state index contributed by atoms with van der Waals surface area (Å²) >= 11 is 0. The molecule has 3 rings (SSSR count). The number of amides is 1. The van der Waals surface area contributed by atoms with Gasteiger partial charge in [-0.3, -0.25) is 14.9 Å². The molecule has 0 unspecified atom stereocenters. The zero-order chi connectivity index (χ0) is 22.4. The summed E-state index contributed by atoms with van der Waals surface area (Å²) in [5.74, 6) is -1.53. The first-order valence-electron chi connectivity index (χ1n) is 9.04. The van der Waals surface area contributed by atoms with Gasteiger partial charge in [-0.2, -0.15) is 5.10 Å². The van der Waals surface area contributed by atoms with Gasteiger partial charge in [-0.25, -0.2) is 10.2 Å². The number of carbonyl (C=O) groups is 2. The van der Waals surface area contributed by atoms with Gasteiger partial charge >= 0.3 is 5.97 Å². The van der Waals surface area contributed by atoms with Crippen molar-refractivity contribution >= 4 is 23.8 Å². The fourth-order valence-electron chi connectivity index (χ4n) is 2.66. The van der Waals surface area contributed by atoms with Gasteiger partial charge in [-0.1, -0.05) is 29.8 Å². The van der Waals surface area contributed by atoms with E-state index < -0.39 is 16.8 Å². The molecule has 0 aromatic heterocycles. The average Bonchev–Trinajstić information content (AvgIpc) is 2.74. The number of para-hydroxylation sites is 1. The van der Waals surface area contributed by atoms with Crippen LogP contribution in [0.2, 0.25) is 0 Å². The number of benzene rings is 3. The molecule has 1 amide bonds. The third-order valence-electron chi connectivity index (χ3n) is 4.18. The van der Waals surface area contributed by atoms with Crippen LogP contribution in [0.1, 0.15) is 31.8 Å². The van der Waals surface area contributed by atoms with Crippen molar-refractivity contribution in [1.29, 1.82) is 0 Å². The topological polar surface area (TPSA) is 131 Å². The normalized spacial score (nSPS) is 10.6. The molecule has 0 heterocycles. The van der Waals surface area contributed by atoms with E-state index >= 15 is 0 Å². The van der Waals surface area contributed by atoms with Gasteiger partial charge < -0.3 is 9.84 Å². The summed E-state index contributed by atoms with van der Waals surface area (Å²) in [5, 5.41) is 24.6. The Morgan fingerprint density at radius 3 is 2.58 bits per heavy atom. The first-order valence-corrected chi connectivity index (χ1v) is 9.04. The molecule has 2 N–H and O–H groups in total. The average molecular weight is 419 g/mol. The highest BCUT2D eigenvalue weighted by molar-refractivity contribution is 5.98. The van der Waals surface area contributed by atoms with Gasteiger partial charge in [-0.15, -0.1) is 0 Å². The second-order valence-corrected chi connectivity index (χ2v) is 6.45. The van der Waals surface area contributed by atoms with Crippen LogP contribution in [0, 0.1) is 17.0 Å². The molecule has 0 bridgehead atoms. The number of hydrogen-bond donors (Lipinski definition) is 2. The number of non-ortho nitro benzene ring substituents is 1. The van der Waals surface area contributed by atoms with E-state index in [1.54, 1.807) is 30.3 Å². The molecule has 0 spiro atoms. The van der Waals surface area contributed by atoms with Crippen LogP contribution < -0.4 is 10.2 Å². The fourth-order valence-corrected chi connectivity index (χ4v) is 2.66. The maximum Gasteiger partial charge on any atom is 0.343 e. The highest BCUT2D eigenvalue weighted by Crippen LogP contribution is 2.24. The highest BCUT2D eigenvalue weighted by atomic mass is 16.6. The number of nitro benzene ring substituents is 1. The number of carbonyl (C=O) groups excluding carboxylic acids is 2. The van der Waals surface area contributed by atoms with Crippen LogP contribution in [0.25, 0.3) is 0 Å². The number of aryl methyl sites for hydroxylation is 1. The Morgan fingerprint density at radius 2 is 1.87 bits per heavy atom. The summed E-state index contributed by atoms with van der Waals surface area (Å²) in [7, 11) is 0. The largest absolute Gasteiger partial charge is 0.507 e. The molecule has 31 heavy (non-hydrogen) atoms. The van der Waals surface area contributed by atoms with Crippen molar-refractivity contribution in [1.82, 2.24) is 5.43 Å². The van der Waals surface area contributed by atoms with Crippen molar-refractivity contribution in [3.63, 3.8) is 0 Å². The standard InChI is InChI=1S/C22H17N3O6/c1-14-5-4-6-15(11-14)22(28)31-20-10-9-17(25(29)30)12-16(20)13-23-24-21(27)18-7-2-3-8-19(18)26/h2-13,26H,1H3,(H,24,27)/b23-13+. The van der Waals surface area contributed by atoms with Crippen LogP contribution >= 0.6 is 0 Å². The van der Waals surface area contributed by atoms with E-state index in [-0.39, 0.29) is 28.3 Å². The molecule has 3 aromatic rings. The summed E-state index contributed by atoms with van der Waals surface area (Å²) in [6.45, 7) is 1.83. The van der Waals surface area contributed by atoms with Crippen LogP contribution in [-0.2, 0) is 0 Å². The van der Waals surface area contributed by atoms with E-state index in [0.29, 0.717) is 5.56 Å². The SMILES string of the molecule is Cc1cccc(C(=O)Oc2ccc([N+](=O)[O-])cc2/C=N/NC(=O)c2ccccc2O)c1. The Bertz CT molecular complexity index is 1190. The molecular weight excluding hydrogens is 402 g/mol. The van der Waals surface area contributed by atoms with E-state index in [1.165, 1.54) is 24.3 Å². The lowest BCUT2D eigenvalue weighted by atomic mass is 10.1. The Balaban J connectivity index is 1.83. The Labute approximate surface area is 176 Å². The van der Waals surface area contributed by atoms with Crippen molar-refractivity contribution in [3.05, 3.63) is 99.1 Å². The van der Waals surface area contributed by atoms with Gasteiger partial charge in [-0.05, 0) is 37.3 Å². The molecular formula is C22H17N3O6. The van der Waals surface area contributed by atoms with Gasteiger partial charge in [0.25, 0.3) is 11.6 Å². The van der Waals surface area contributed by atoms with E-state index in [0.717, 1.165) is 17.8 Å². The van der Waals surface area contributed by atoms with Crippen LogP contribution in [0.5, 0.6) is 11.5 Å². The van der Waals surface area contributed by atoms with Crippen LogP contribution in [-0.4, -0.2) is 28.1 Å². The summed E-state index contributed by atoms with van der Waals surface area (Å²) in [6.07, 6.45) is 1.11. The maximum atomic E-state index is 12.4. The molecule has 9 heteroatoms. The van der Waals surface area contributed by atoms with Gasteiger partial charge in [0.2, 0.25) is 0 Å². The molecule has 0 radical (unpaired) electrons. The third-order valence-corrected chi connectivity index (χ3v) is 4.18. The summed E-state index contributed by atoms with van der Waals surface area (Å²) in [5.41, 5.74) is 3.26. The molecule has 0 fully saturated rings. The smallest absolute Gasteiger partial charge is 0.343 e. The minimum atomic E-state index is -0.682. The molecule has 0 atom stereocenters. The van der Waals surface area contributed by atoms with Crippen molar-refractivity contribution in [3.8, 4) is 11.5 Å². The summed E-state index contributed by atoms with van der Waals surface area (Å²) in [4.78, 5) is 35.1. The molecule has 0 aliphatic rings. The first kappa shape index (κ1) is 21.2. The third kappa shape index (κ3) is 5.30.